The summed E-state index contributed by atoms with van der Waals surface area (Å²) < 4.78 is 0. The van der Waals surface area contributed by atoms with E-state index < -0.39 is 0 Å². The summed E-state index contributed by atoms with van der Waals surface area (Å²) in [5.41, 5.74) is 11.9. The van der Waals surface area contributed by atoms with Gasteiger partial charge in [0.15, 0.2) is 0 Å². The molecule has 0 aliphatic heterocycles. The highest BCUT2D eigenvalue weighted by molar-refractivity contribution is 7.98. The number of thiazole rings is 1. The van der Waals surface area contributed by atoms with Crippen molar-refractivity contribution in [3.05, 3.63) is 59.5 Å². The zero-order valence-electron chi connectivity index (χ0n) is 12.6. The van der Waals surface area contributed by atoms with Crippen LogP contribution in [0.2, 0.25) is 0 Å². The molecule has 2 aromatic carbocycles. The van der Waals surface area contributed by atoms with Crippen molar-refractivity contribution in [2.75, 3.05) is 17.4 Å². The molecule has 23 heavy (non-hydrogen) atoms. The molecule has 3 aromatic rings. The highest BCUT2D eigenvalue weighted by Gasteiger charge is 2.03. The van der Waals surface area contributed by atoms with Gasteiger partial charge in [-0.2, -0.15) is 5.10 Å². The van der Waals surface area contributed by atoms with Gasteiger partial charge in [0.25, 0.3) is 0 Å². The van der Waals surface area contributed by atoms with Gasteiger partial charge in [0.2, 0.25) is 5.13 Å². The first-order chi connectivity index (χ1) is 11.3. The largest absolute Gasteiger partial charge is 0.383 e. The summed E-state index contributed by atoms with van der Waals surface area (Å²) >= 11 is 3.16. The van der Waals surface area contributed by atoms with Crippen LogP contribution in [0, 0.1) is 0 Å². The van der Waals surface area contributed by atoms with Crippen LogP contribution in [-0.4, -0.2) is 17.5 Å². The second kappa shape index (κ2) is 7.30. The smallest absolute Gasteiger partial charge is 0.205 e. The van der Waals surface area contributed by atoms with Crippen LogP contribution in [0.25, 0.3) is 11.1 Å². The minimum Gasteiger partial charge on any atom is -0.383 e. The van der Waals surface area contributed by atoms with E-state index in [0.29, 0.717) is 10.9 Å². The first-order valence-electron chi connectivity index (χ1n) is 7.00. The monoisotopic (exact) mass is 340 g/mol. The molecule has 0 aliphatic carbocycles. The van der Waals surface area contributed by atoms with Crippen molar-refractivity contribution >= 4 is 40.3 Å². The zero-order chi connectivity index (χ0) is 16.1. The Labute approximate surface area is 143 Å². The number of aromatic nitrogens is 1. The third-order valence-corrected chi connectivity index (χ3v) is 4.76. The van der Waals surface area contributed by atoms with E-state index in [2.05, 4.69) is 52.1 Å². The molecule has 0 spiro atoms. The molecule has 1 aromatic heterocycles. The lowest BCUT2D eigenvalue weighted by molar-refractivity contribution is 1.29. The van der Waals surface area contributed by atoms with Gasteiger partial charge in [-0.3, -0.25) is 5.43 Å². The number of hydrazone groups is 1. The van der Waals surface area contributed by atoms with Crippen LogP contribution < -0.4 is 11.2 Å². The Morgan fingerprint density at radius 3 is 2.65 bits per heavy atom. The fourth-order valence-electron chi connectivity index (χ4n) is 2.14. The van der Waals surface area contributed by atoms with E-state index >= 15 is 0 Å². The lowest BCUT2D eigenvalue weighted by Gasteiger charge is -2.06. The predicted molar refractivity (Wildman–Crippen MR) is 101 cm³/mol. The third kappa shape index (κ3) is 3.91. The fourth-order valence-corrected chi connectivity index (χ4v) is 3.09. The van der Waals surface area contributed by atoms with Crippen molar-refractivity contribution in [1.82, 2.24) is 4.98 Å². The average Bonchev–Trinajstić information content (AvgIpc) is 3.01. The van der Waals surface area contributed by atoms with E-state index in [4.69, 9.17) is 5.73 Å². The van der Waals surface area contributed by atoms with Gasteiger partial charge in [-0.15, -0.1) is 23.1 Å². The summed E-state index contributed by atoms with van der Waals surface area (Å²) in [5.74, 6) is 0.502. The first-order valence-corrected chi connectivity index (χ1v) is 9.10. The molecule has 4 nitrogen and oxygen atoms in total. The van der Waals surface area contributed by atoms with Crippen molar-refractivity contribution in [2.24, 2.45) is 5.10 Å². The molecule has 0 unspecified atom stereocenters. The number of nitrogens with two attached hydrogens (primary N) is 1. The molecule has 1 heterocycles. The Hall–Kier alpha value is -2.31. The van der Waals surface area contributed by atoms with Crippen LogP contribution in [0.4, 0.5) is 10.9 Å². The standard InChI is InChI=1S/C17H16N4S2/c1-22-14-8-6-12(7-9-14)15-5-3-2-4-13(15)10-19-21-17-20-16(18)11-23-17/h2-11H,18H2,1H3,(H,20,21). The molecular weight excluding hydrogens is 324 g/mol. The SMILES string of the molecule is CSc1ccc(-c2ccccc2C=NNc2nc(N)cs2)cc1. The number of nitrogens with one attached hydrogen (secondary N) is 1. The molecule has 0 aliphatic rings. The van der Waals surface area contributed by atoms with Crippen LogP contribution in [0.3, 0.4) is 0 Å². The van der Waals surface area contributed by atoms with Crippen LogP contribution in [0.5, 0.6) is 0 Å². The Balaban J connectivity index is 1.82. The highest BCUT2D eigenvalue weighted by atomic mass is 32.2. The third-order valence-electron chi connectivity index (χ3n) is 3.25. The predicted octanol–water partition coefficient (Wildman–Crippen LogP) is 4.56. The molecular formula is C17H16N4S2. The molecule has 3 rings (SSSR count). The molecule has 0 saturated carbocycles. The summed E-state index contributed by atoms with van der Waals surface area (Å²) in [7, 11) is 0. The Kier molecular flexibility index (Phi) is 4.95. The normalized spacial score (nSPS) is 11.0. The van der Waals surface area contributed by atoms with Gasteiger partial charge >= 0.3 is 0 Å². The van der Waals surface area contributed by atoms with Crippen molar-refractivity contribution in [3.63, 3.8) is 0 Å². The molecule has 0 saturated heterocycles. The van der Waals surface area contributed by atoms with Crippen LogP contribution in [0.1, 0.15) is 5.56 Å². The van der Waals surface area contributed by atoms with Gasteiger partial charge in [-0.1, -0.05) is 36.4 Å². The Morgan fingerprint density at radius 2 is 1.96 bits per heavy atom. The van der Waals surface area contributed by atoms with Gasteiger partial charge < -0.3 is 5.73 Å². The number of hydrogen-bond donors (Lipinski definition) is 2. The van der Waals surface area contributed by atoms with E-state index in [1.165, 1.54) is 21.8 Å². The molecule has 6 heteroatoms. The number of thioether (sulfide) groups is 1. The van der Waals surface area contributed by atoms with E-state index in [9.17, 15) is 0 Å². The molecule has 0 bridgehead atoms. The molecule has 0 amide bonds. The number of hydrogen-bond acceptors (Lipinski definition) is 6. The summed E-state index contributed by atoms with van der Waals surface area (Å²) in [6.07, 6.45) is 3.88. The summed E-state index contributed by atoms with van der Waals surface area (Å²) in [6.45, 7) is 0. The summed E-state index contributed by atoms with van der Waals surface area (Å²) in [4.78, 5) is 5.36. The zero-order valence-corrected chi connectivity index (χ0v) is 14.2. The van der Waals surface area contributed by atoms with E-state index in [1.54, 1.807) is 23.4 Å². The lowest BCUT2D eigenvalue weighted by atomic mass is 10.0. The number of rotatable bonds is 5. The topological polar surface area (TPSA) is 63.3 Å². The number of nitrogen functional groups attached to an aromatic ring is 1. The Bertz CT molecular complexity index is 809. The first kappa shape index (κ1) is 15.6. The minimum absolute atomic E-state index is 0.502. The van der Waals surface area contributed by atoms with Crippen molar-refractivity contribution in [1.29, 1.82) is 0 Å². The molecule has 0 fully saturated rings. The average molecular weight is 340 g/mol. The maximum atomic E-state index is 5.59. The van der Waals surface area contributed by atoms with E-state index in [1.807, 2.05) is 18.2 Å². The van der Waals surface area contributed by atoms with Gasteiger partial charge in [0.1, 0.15) is 5.82 Å². The van der Waals surface area contributed by atoms with Gasteiger partial charge in [-0.25, -0.2) is 4.98 Å². The number of benzene rings is 2. The molecule has 0 radical (unpaired) electrons. The van der Waals surface area contributed by atoms with Crippen molar-refractivity contribution in [2.45, 2.75) is 4.90 Å². The van der Waals surface area contributed by atoms with Crippen LogP contribution in [0.15, 0.2) is 63.9 Å². The van der Waals surface area contributed by atoms with E-state index in [0.717, 1.165) is 11.1 Å². The molecule has 116 valence electrons. The number of anilines is 2. The maximum Gasteiger partial charge on any atom is 0.205 e. The van der Waals surface area contributed by atoms with E-state index in [-0.39, 0.29) is 0 Å². The van der Waals surface area contributed by atoms with Crippen LogP contribution >= 0.6 is 23.1 Å². The number of nitrogens with zero attached hydrogens (tertiary/aromatic N) is 2. The molecule has 3 N–H and O–H groups in total. The lowest BCUT2D eigenvalue weighted by Crippen LogP contribution is -1.93. The van der Waals surface area contributed by atoms with Gasteiger partial charge in [0.05, 0.1) is 6.21 Å². The van der Waals surface area contributed by atoms with Crippen LogP contribution in [-0.2, 0) is 0 Å². The van der Waals surface area contributed by atoms with Crippen molar-refractivity contribution < 1.29 is 0 Å². The molecule has 0 atom stereocenters. The Morgan fingerprint density at radius 1 is 1.17 bits per heavy atom. The maximum absolute atomic E-state index is 5.59. The minimum atomic E-state index is 0.502. The van der Waals surface area contributed by atoms with Gasteiger partial charge in [-0.05, 0) is 29.5 Å². The highest BCUT2D eigenvalue weighted by Crippen LogP contribution is 2.25. The van der Waals surface area contributed by atoms with Crippen molar-refractivity contribution in [3.8, 4) is 11.1 Å². The van der Waals surface area contributed by atoms with Gasteiger partial charge in [0, 0.05) is 15.8 Å². The second-order valence-corrected chi connectivity index (χ2v) is 6.50. The fraction of sp³-hybridized carbons (Fsp3) is 0.0588. The summed E-state index contributed by atoms with van der Waals surface area (Å²) in [6, 6.07) is 16.7. The summed E-state index contributed by atoms with van der Waals surface area (Å²) in [5, 5.41) is 6.72. The quantitative estimate of drug-likeness (QED) is 0.406. The second-order valence-electron chi connectivity index (χ2n) is 4.76.